The topological polar surface area (TPSA) is 78.9 Å². The summed E-state index contributed by atoms with van der Waals surface area (Å²) >= 11 is 0. The summed E-state index contributed by atoms with van der Waals surface area (Å²) in [5.41, 5.74) is 3.24. The first kappa shape index (κ1) is 22.8. The van der Waals surface area contributed by atoms with E-state index in [1.165, 1.54) is 4.90 Å². The number of aliphatic carboxylic acids is 1. The van der Waals surface area contributed by atoms with Gasteiger partial charge in [-0.25, -0.2) is 4.79 Å². The second kappa shape index (κ2) is 10.2. The van der Waals surface area contributed by atoms with Crippen LogP contribution in [0, 0.1) is 0 Å². The summed E-state index contributed by atoms with van der Waals surface area (Å²) < 4.78 is 0. The third-order valence-corrected chi connectivity index (χ3v) is 3.84. The van der Waals surface area contributed by atoms with Crippen LogP contribution in [-0.2, 0) is 4.79 Å². The molecule has 0 heterocycles. The molecule has 138 valence electrons. The largest absolute Gasteiger partial charge is 1.00 e. The van der Waals surface area contributed by atoms with Crippen LogP contribution in [-0.4, -0.2) is 46.7 Å². The van der Waals surface area contributed by atoms with Crippen molar-refractivity contribution >= 4 is 34.7 Å². The molecule has 0 atom stereocenters. The second-order valence-corrected chi connectivity index (χ2v) is 6.19. The van der Waals surface area contributed by atoms with Crippen LogP contribution in [0.5, 0.6) is 0 Å². The van der Waals surface area contributed by atoms with E-state index in [1.54, 1.807) is 0 Å². The normalized spacial score (nSPS) is 9.78. The van der Waals surface area contributed by atoms with Gasteiger partial charge in [0.25, 0.3) is 0 Å². The molecule has 0 unspecified atom stereocenters. The molecule has 0 bridgehead atoms. The Bertz CT molecular complexity index is 710. The number of nitrogens with one attached hydrogen (secondary N) is 1. The number of nitrogens with zero attached hydrogens (tertiary/aromatic N) is 3. The fourth-order valence-corrected chi connectivity index (χ4v) is 2.41. The van der Waals surface area contributed by atoms with Gasteiger partial charge in [-0.2, -0.15) is 0 Å². The summed E-state index contributed by atoms with van der Waals surface area (Å²) in [6.07, 6.45) is 0. The molecule has 0 saturated heterocycles. The molecule has 2 amide bonds. The molecule has 2 rings (SSSR count). The summed E-state index contributed by atoms with van der Waals surface area (Å²) in [5.74, 6) is -1.34. The zero-order valence-electron chi connectivity index (χ0n) is 16.4. The van der Waals surface area contributed by atoms with Crippen molar-refractivity contribution in [3.63, 3.8) is 0 Å². The zero-order chi connectivity index (χ0) is 19.3. The Morgan fingerprint density at radius 1 is 0.778 bits per heavy atom. The van der Waals surface area contributed by atoms with Crippen LogP contribution in [0.3, 0.4) is 0 Å². The number of carboxylic acid groups (broad SMARTS) is 1. The van der Waals surface area contributed by atoms with Gasteiger partial charge in [-0.3, -0.25) is 4.90 Å². The number of benzene rings is 2. The van der Waals surface area contributed by atoms with E-state index in [0.717, 1.165) is 11.4 Å². The minimum Gasteiger partial charge on any atom is -0.548 e. The van der Waals surface area contributed by atoms with Gasteiger partial charge in [-0.15, -0.1) is 0 Å². The summed E-state index contributed by atoms with van der Waals surface area (Å²) in [6, 6.07) is 14.3. The van der Waals surface area contributed by atoms with Crippen molar-refractivity contribution in [2.75, 3.05) is 49.4 Å². The van der Waals surface area contributed by atoms with Gasteiger partial charge in [0.1, 0.15) is 0 Å². The first-order valence-electron chi connectivity index (χ1n) is 8.12. The molecule has 0 aromatic heterocycles. The van der Waals surface area contributed by atoms with Crippen LogP contribution >= 0.6 is 0 Å². The predicted octanol–water partition coefficient (Wildman–Crippen LogP) is -1.58. The number of rotatable bonds is 6. The third-order valence-electron chi connectivity index (χ3n) is 3.84. The van der Waals surface area contributed by atoms with Crippen molar-refractivity contribution in [2.45, 2.75) is 0 Å². The van der Waals surface area contributed by atoms with E-state index >= 15 is 0 Å². The van der Waals surface area contributed by atoms with E-state index in [9.17, 15) is 14.7 Å². The Kier molecular flexibility index (Phi) is 8.62. The quantitative estimate of drug-likeness (QED) is 0.614. The minimum absolute atomic E-state index is 0. The molecule has 0 aliphatic heterocycles. The number of carbonyl (C=O) groups is 2. The van der Waals surface area contributed by atoms with Gasteiger partial charge >= 0.3 is 35.6 Å². The van der Waals surface area contributed by atoms with Crippen LogP contribution in [0.25, 0.3) is 0 Å². The molecule has 0 aliphatic carbocycles. The molecule has 1 N–H and O–H groups in total. The van der Waals surface area contributed by atoms with Gasteiger partial charge in [-0.05, 0) is 48.5 Å². The van der Waals surface area contributed by atoms with Crippen molar-refractivity contribution in [3.05, 3.63) is 48.5 Å². The number of hydrogen-bond acceptors (Lipinski definition) is 5. The number of urea groups is 1. The molecule has 0 spiro atoms. The maximum absolute atomic E-state index is 12.6. The van der Waals surface area contributed by atoms with Crippen LogP contribution < -0.4 is 54.7 Å². The molecule has 7 nitrogen and oxygen atoms in total. The predicted molar refractivity (Wildman–Crippen MR) is 102 cm³/mol. The zero-order valence-corrected chi connectivity index (χ0v) is 18.4. The first-order valence-corrected chi connectivity index (χ1v) is 8.12. The summed E-state index contributed by atoms with van der Waals surface area (Å²) in [5, 5.41) is 13.0. The van der Waals surface area contributed by atoms with Crippen LogP contribution in [0.1, 0.15) is 0 Å². The van der Waals surface area contributed by atoms with E-state index in [0.29, 0.717) is 11.4 Å². The number of carbonyl (C=O) groups excluding carboxylic acids is 2. The molecule has 0 radical (unpaired) electrons. The van der Waals surface area contributed by atoms with Gasteiger partial charge in [0.2, 0.25) is 0 Å². The number of anilines is 4. The molecule has 0 aliphatic rings. The summed E-state index contributed by atoms with van der Waals surface area (Å²) in [6.45, 7) is -0.555. The fraction of sp³-hybridized carbons (Fsp3) is 0.263. The van der Waals surface area contributed by atoms with Crippen molar-refractivity contribution in [1.82, 2.24) is 5.32 Å². The van der Waals surface area contributed by atoms with Gasteiger partial charge in [0, 0.05) is 39.6 Å². The van der Waals surface area contributed by atoms with E-state index in [2.05, 4.69) is 5.32 Å². The Morgan fingerprint density at radius 3 is 1.41 bits per heavy atom. The molecular weight excluding hydrogens is 355 g/mol. The number of carboxylic acids is 1. The van der Waals surface area contributed by atoms with Crippen LogP contribution in [0.2, 0.25) is 0 Å². The van der Waals surface area contributed by atoms with Crippen molar-refractivity contribution in [1.29, 1.82) is 0 Å². The summed E-state index contributed by atoms with van der Waals surface area (Å²) in [4.78, 5) is 28.6. The maximum Gasteiger partial charge on any atom is 1.00 e. The van der Waals surface area contributed by atoms with Crippen LogP contribution in [0.4, 0.5) is 27.5 Å². The smallest absolute Gasteiger partial charge is 0.548 e. The van der Waals surface area contributed by atoms with Gasteiger partial charge in [0.15, 0.2) is 0 Å². The van der Waals surface area contributed by atoms with Crippen molar-refractivity contribution in [2.24, 2.45) is 0 Å². The summed E-state index contributed by atoms with van der Waals surface area (Å²) in [7, 11) is 7.72. The standard InChI is InChI=1S/C19H24N4O3.Na/c1-21(2)14-5-9-16(10-6-14)23(19(26)20-13-18(24)25)17-11-7-15(8-12-17)22(3)4;/h5-12H,13H2,1-4H3,(H,20,26)(H,24,25);/q;+1/p-1. The molecule has 0 fully saturated rings. The third kappa shape index (κ3) is 6.16. The van der Waals surface area contributed by atoms with E-state index < -0.39 is 18.5 Å². The van der Waals surface area contributed by atoms with E-state index in [-0.39, 0.29) is 29.6 Å². The number of amides is 2. The molecule has 8 heteroatoms. The average molecular weight is 378 g/mol. The van der Waals surface area contributed by atoms with Gasteiger partial charge in [-0.1, -0.05) is 0 Å². The monoisotopic (exact) mass is 378 g/mol. The molecule has 27 heavy (non-hydrogen) atoms. The molecule has 2 aromatic carbocycles. The number of hydrogen-bond donors (Lipinski definition) is 1. The molecule has 0 saturated carbocycles. The molecular formula is C19H23N4NaO3. The van der Waals surface area contributed by atoms with E-state index in [4.69, 9.17) is 0 Å². The Morgan fingerprint density at radius 2 is 1.11 bits per heavy atom. The first-order chi connectivity index (χ1) is 12.3. The van der Waals surface area contributed by atoms with Crippen molar-refractivity contribution in [3.8, 4) is 0 Å². The Labute approximate surface area is 181 Å². The Balaban J connectivity index is 0.00000364. The minimum atomic E-state index is -1.34. The van der Waals surface area contributed by atoms with Gasteiger partial charge in [0.05, 0.1) is 23.9 Å². The van der Waals surface area contributed by atoms with Crippen LogP contribution in [0.15, 0.2) is 48.5 Å². The fourth-order valence-electron chi connectivity index (χ4n) is 2.41. The SMILES string of the molecule is CN(C)c1ccc(N(C(=O)NCC(=O)[O-])c2ccc(N(C)C)cc2)cc1.[Na+]. The van der Waals surface area contributed by atoms with E-state index in [1.807, 2.05) is 86.5 Å². The van der Waals surface area contributed by atoms with Crippen molar-refractivity contribution < 1.29 is 44.3 Å². The average Bonchev–Trinajstić information content (AvgIpc) is 2.61. The maximum atomic E-state index is 12.6. The van der Waals surface area contributed by atoms with Gasteiger partial charge < -0.3 is 25.0 Å². The second-order valence-electron chi connectivity index (χ2n) is 6.19. The molecule has 2 aromatic rings. The Hall–Kier alpha value is -2.22.